The first-order valence-electron chi connectivity index (χ1n) is 10.1. The molecule has 2 saturated heterocycles. The molecule has 1 aliphatic carbocycles. The molecule has 0 saturated carbocycles. The molecule has 5 atom stereocenters. The number of anilines is 1. The van der Waals surface area contributed by atoms with Crippen LogP contribution in [0.25, 0.3) is 0 Å². The largest absolute Gasteiger partial charge is 0.466 e. The van der Waals surface area contributed by atoms with Crippen LogP contribution in [0.4, 0.5) is 5.69 Å². The number of esters is 1. The van der Waals surface area contributed by atoms with Gasteiger partial charge in [0.1, 0.15) is 6.04 Å². The first kappa shape index (κ1) is 17.7. The number of methoxy groups -OCH3 is 1. The maximum atomic E-state index is 12.7. The second-order valence-corrected chi connectivity index (χ2v) is 8.58. The Balaban J connectivity index is 1.74. The minimum atomic E-state index is -1.05. The quantitative estimate of drug-likeness (QED) is 0.767. The molecule has 6 nitrogen and oxygen atoms in total. The van der Waals surface area contributed by atoms with Crippen molar-refractivity contribution in [2.24, 2.45) is 5.92 Å². The Labute approximate surface area is 164 Å². The summed E-state index contributed by atoms with van der Waals surface area (Å²) >= 11 is 0. The van der Waals surface area contributed by atoms with Crippen LogP contribution in [-0.2, 0) is 14.9 Å². The molecule has 0 bridgehead atoms. The molecule has 3 heterocycles. The molecule has 28 heavy (non-hydrogen) atoms. The van der Waals surface area contributed by atoms with E-state index in [-0.39, 0.29) is 23.3 Å². The number of rotatable bonds is 2. The Kier molecular flexibility index (Phi) is 3.68. The van der Waals surface area contributed by atoms with E-state index in [1.807, 2.05) is 19.1 Å². The summed E-state index contributed by atoms with van der Waals surface area (Å²) in [5.74, 6) is -0.197. The highest BCUT2D eigenvalue weighted by atomic mass is 16.5. The third-order valence-corrected chi connectivity index (χ3v) is 7.58. The number of nitrogens with one attached hydrogen (secondary N) is 1. The Bertz CT molecular complexity index is 935. The Hall–Kier alpha value is -2.36. The maximum Gasteiger partial charge on any atom is 0.335 e. The van der Waals surface area contributed by atoms with Gasteiger partial charge in [-0.1, -0.05) is 25.1 Å². The van der Waals surface area contributed by atoms with Gasteiger partial charge in [0.05, 0.1) is 29.8 Å². The van der Waals surface area contributed by atoms with Crippen molar-refractivity contribution in [3.63, 3.8) is 0 Å². The average Bonchev–Trinajstić information content (AvgIpc) is 3.27. The summed E-state index contributed by atoms with van der Waals surface area (Å²) in [6.07, 6.45) is 2.44. The molecule has 6 heteroatoms. The predicted octanol–water partition coefficient (Wildman–Crippen LogP) is 2.31. The van der Waals surface area contributed by atoms with Gasteiger partial charge in [0, 0.05) is 24.0 Å². The van der Waals surface area contributed by atoms with E-state index in [9.17, 15) is 15.2 Å². The number of benzene rings is 1. The fourth-order valence-corrected chi connectivity index (χ4v) is 6.49. The van der Waals surface area contributed by atoms with E-state index in [4.69, 9.17) is 4.74 Å². The van der Waals surface area contributed by atoms with Crippen LogP contribution in [0.5, 0.6) is 0 Å². The van der Waals surface area contributed by atoms with Crippen molar-refractivity contribution in [3.8, 4) is 6.07 Å². The highest BCUT2D eigenvalue weighted by molar-refractivity contribution is 5.93. The SMILES string of the molecule is CC[C@]1(O)C[C@@H]2CC(C(=O)OC)=C3Nc4ccccc4[C@]34CCN([C@H]1C#N)[C@H]24. The lowest BCUT2D eigenvalue weighted by Gasteiger charge is -2.54. The smallest absolute Gasteiger partial charge is 0.335 e. The van der Waals surface area contributed by atoms with Gasteiger partial charge in [0.25, 0.3) is 0 Å². The number of carbonyl (C=O) groups excluding carboxylic acids is 1. The third-order valence-electron chi connectivity index (χ3n) is 7.58. The number of piperidine rings is 1. The number of para-hydroxylation sites is 1. The van der Waals surface area contributed by atoms with Crippen LogP contribution in [-0.4, -0.2) is 47.3 Å². The van der Waals surface area contributed by atoms with Crippen molar-refractivity contribution < 1.29 is 14.6 Å². The van der Waals surface area contributed by atoms with Crippen LogP contribution < -0.4 is 5.32 Å². The van der Waals surface area contributed by atoms with Crippen LogP contribution in [0.1, 0.15) is 38.2 Å². The fraction of sp³-hybridized carbons (Fsp3) is 0.545. The van der Waals surface area contributed by atoms with Crippen molar-refractivity contribution in [2.45, 2.75) is 55.7 Å². The standard InChI is InChI=1S/C22H25N3O3/c1-3-21(27)11-13-10-14(20(26)28-2)18-22(15-6-4-5-7-16(15)24-18)8-9-25(19(13)22)17(21)12-23/h4-7,13,17,19,24,27H,3,8-11H2,1-2H3/t13-,17-,19+,21-,22+/m0/s1. The van der Waals surface area contributed by atoms with Gasteiger partial charge in [-0.15, -0.1) is 0 Å². The van der Waals surface area contributed by atoms with Crippen molar-refractivity contribution in [2.75, 3.05) is 19.0 Å². The minimum absolute atomic E-state index is 0.0999. The van der Waals surface area contributed by atoms with Gasteiger partial charge in [-0.05, 0) is 43.2 Å². The molecule has 4 aliphatic rings. The zero-order valence-corrected chi connectivity index (χ0v) is 16.2. The summed E-state index contributed by atoms with van der Waals surface area (Å²) < 4.78 is 5.13. The van der Waals surface area contributed by atoms with E-state index < -0.39 is 11.6 Å². The van der Waals surface area contributed by atoms with Crippen LogP contribution >= 0.6 is 0 Å². The first-order valence-corrected chi connectivity index (χ1v) is 10.1. The van der Waals surface area contributed by atoms with Gasteiger partial charge in [-0.25, -0.2) is 4.79 Å². The summed E-state index contributed by atoms with van der Waals surface area (Å²) in [4.78, 5) is 14.9. The van der Waals surface area contributed by atoms with Crippen LogP contribution in [0.3, 0.4) is 0 Å². The summed E-state index contributed by atoms with van der Waals surface area (Å²) in [6.45, 7) is 2.67. The predicted molar refractivity (Wildman–Crippen MR) is 103 cm³/mol. The number of hydrogen-bond acceptors (Lipinski definition) is 6. The summed E-state index contributed by atoms with van der Waals surface area (Å²) in [7, 11) is 1.42. The third kappa shape index (κ3) is 1.96. The van der Waals surface area contributed by atoms with Crippen molar-refractivity contribution in [1.82, 2.24) is 4.90 Å². The van der Waals surface area contributed by atoms with E-state index in [1.165, 1.54) is 12.7 Å². The molecule has 3 aliphatic heterocycles. The van der Waals surface area contributed by atoms with Crippen LogP contribution in [0, 0.1) is 17.2 Å². The molecule has 2 N–H and O–H groups in total. The topological polar surface area (TPSA) is 85.6 Å². The number of ether oxygens (including phenoxy) is 1. The highest BCUT2D eigenvalue weighted by Gasteiger charge is 2.66. The molecule has 146 valence electrons. The molecule has 0 amide bonds. The van der Waals surface area contributed by atoms with E-state index in [0.717, 1.165) is 24.4 Å². The van der Waals surface area contributed by atoms with Gasteiger partial charge in [0.15, 0.2) is 0 Å². The number of nitrogens with zero attached hydrogens (tertiary/aromatic N) is 2. The number of carbonyl (C=O) groups is 1. The van der Waals surface area contributed by atoms with Crippen LogP contribution in [0.2, 0.25) is 0 Å². The molecule has 0 aromatic heterocycles. The molecule has 5 rings (SSSR count). The molecule has 0 radical (unpaired) electrons. The van der Waals surface area contributed by atoms with Gasteiger partial charge < -0.3 is 15.2 Å². The second-order valence-electron chi connectivity index (χ2n) is 8.58. The van der Waals surface area contributed by atoms with Gasteiger partial charge in [0.2, 0.25) is 0 Å². The Morgan fingerprint density at radius 3 is 2.96 bits per heavy atom. The van der Waals surface area contributed by atoms with Gasteiger partial charge >= 0.3 is 5.97 Å². The second kappa shape index (κ2) is 5.82. The van der Waals surface area contributed by atoms with Gasteiger partial charge in [-0.2, -0.15) is 5.26 Å². The lowest BCUT2D eigenvalue weighted by atomic mass is 9.59. The Morgan fingerprint density at radius 1 is 1.46 bits per heavy atom. The van der Waals surface area contributed by atoms with E-state index >= 15 is 0 Å². The number of aliphatic hydroxyl groups is 1. The molecular weight excluding hydrogens is 354 g/mol. The normalized spacial score (nSPS) is 38.1. The molecule has 1 aromatic rings. The summed E-state index contributed by atoms with van der Waals surface area (Å²) in [6, 6.07) is 10.2. The molecule has 1 aromatic carbocycles. The lowest BCUT2D eigenvalue weighted by Crippen LogP contribution is -2.65. The summed E-state index contributed by atoms with van der Waals surface area (Å²) in [5, 5.41) is 24.8. The number of fused-ring (bicyclic) bond motifs is 1. The molecule has 0 unspecified atom stereocenters. The average molecular weight is 379 g/mol. The van der Waals surface area contributed by atoms with Crippen molar-refractivity contribution in [1.29, 1.82) is 5.26 Å². The lowest BCUT2D eigenvalue weighted by molar-refractivity contribution is -0.138. The maximum absolute atomic E-state index is 12.7. The van der Waals surface area contributed by atoms with Crippen molar-refractivity contribution >= 4 is 11.7 Å². The van der Waals surface area contributed by atoms with Crippen LogP contribution in [0.15, 0.2) is 35.5 Å². The minimum Gasteiger partial charge on any atom is -0.466 e. The zero-order valence-electron chi connectivity index (χ0n) is 16.2. The monoisotopic (exact) mass is 379 g/mol. The number of nitriles is 1. The van der Waals surface area contributed by atoms with Gasteiger partial charge in [-0.3, -0.25) is 4.90 Å². The molecule has 1 spiro atoms. The van der Waals surface area contributed by atoms with Crippen molar-refractivity contribution in [3.05, 3.63) is 41.1 Å². The van der Waals surface area contributed by atoms with E-state index in [1.54, 1.807) is 0 Å². The first-order chi connectivity index (χ1) is 13.5. The fourth-order valence-electron chi connectivity index (χ4n) is 6.49. The summed E-state index contributed by atoms with van der Waals surface area (Å²) in [5.41, 5.74) is 2.48. The van der Waals surface area contributed by atoms with E-state index in [2.05, 4.69) is 28.4 Å². The highest BCUT2D eigenvalue weighted by Crippen LogP contribution is 2.62. The Morgan fingerprint density at radius 2 is 2.25 bits per heavy atom. The van der Waals surface area contributed by atoms with E-state index in [0.29, 0.717) is 24.8 Å². The molecule has 2 fully saturated rings. The zero-order chi connectivity index (χ0) is 19.7. The number of hydrogen-bond donors (Lipinski definition) is 2. The molecular formula is C22H25N3O3.